The molecule has 2 atom stereocenters. The number of aliphatic hydroxyl groups is 1. The highest BCUT2D eigenvalue weighted by Crippen LogP contribution is 2.19. The molecule has 0 fully saturated rings. The van der Waals surface area contributed by atoms with Gasteiger partial charge < -0.3 is 29.0 Å². The van der Waals surface area contributed by atoms with Gasteiger partial charge in [0.05, 0.1) is 13.2 Å². The first-order valence-electron chi connectivity index (χ1n) is 25.5. The Balaban J connectivity index is 4.21. The van der Waals surface area contributed by atoms with E-state index in [9.17, 15) is 14.7 Å². The van der Waals surface area contributed by atoms with Crippen LogP contribution in [0, 0.1) is 0 Å². The third kappa shape index (κ3) is 41.2. The Labute approximate surface area is 360 Å². The van der Waals surface area contributed by atoms with Crippen molar-refractivity contribution in [3.05, 3.63) is 0 Å². The van der Waals surface area contributed by atoms with E-state index in [1.807, 2.05) is 0 Å². The summed E-state index contributed by atoms with van der Waals surface area (Å²) in [7, 11) is 0. The second-order valence-corrected chi connectivity index (χ2v) is 17.3. The lowest BCUT2D eigenvalue weighted by Gasteiger charge is -2.22. The molecule has 0 aliphatic heterocycles. The van der Waals surface area contributed by atoms with Gasteiger partial charge in [0.2, 0.25) is 0 Å². The van der Waals surface area contributed by atoms with Gasteiger partial charge in [0.25, 0.3) is 0 Å². The molecule has 0 radical (unpaired) electrons. The molecule has 0 aliphatic rings. The molecule has 58 heavy (non-hydrogen) atoms. The summed E-state index contributed by atoms with van der Waals surface area (Å²) in [6, 6.07) is 0. The van der Waals surface area contributed by atoms with Crippen LogP contribution in [0.15, 0.2) is 0 Å². The van der Waals surface area contributed by atoms with Crippen molar-refractivity contribution >= 4 is 12.3 Å². The van der Waals surface area contributed by atoms with Crippen LogP contribution < -0.4 is 0 Å². The Bertz CT molecular complexity index is 781. The van der Waals surface area contributed by atoms with Crippen molar-refractivity contribution < 1.29 is 33.6 Å². The normalized spacial score (nSPS) is 12.5. The first kappa shape index (κ1) is 56.5. The first-order valence-corrected chi connectivity index (χ1v) is 25.5. The third-order valence-corrected chi connectivity index (χ3v) is 11.6. The predicted octanol–water partition coefficient (Wildman–Crippen LogP) is 15.4. The van der Waals surface area contributed by atoms with Gasteiger partial charge in [0.15, 0.2) is 0 Å². The largest absolute Gasteiger partial charge is 0.508 e. The van der Waals surface area contributed by atoms with Gasteiger partial charge in [-0.1, -0.05) is 169 Å². The maximum absolute atomic E-state index is 12.5. The van der Waals surface area contributed by atoms with E-state index in [2.05, 4.69) is 32.6 Å². The number of aliphatic hydroxyl groups excluding tert-OH is 1. The first-order chi connectivity index (χ1) is 28.5. The van der Waals surface area contributed by atoms with E-state index < -0.39 is 12.3 Å². The average molecular weight is 826 g/mol. The number of carbonyl (C=O) groups excluding carboxylic acids is 2. The van der Waals surface area contributed by atoms with Crippen LogP contribution in [0.5, 0.6) is 0 Å². The van der Waals surface area contributed by atoms with Crippen LogP contribution in [0.4, 0.5) is 9.59 Å². The molecule has 346 valence electrons. The van der Waals surface area contributed by atoms with Crippen LogP contribution in [0.1, 0.15) is 259 Å². The Morgan fingerprint density at radius 1 is 0.379 bits per heavy atom. The van der Waals surface area contributed by atoms with Crippen LogP contribution in [0.3, 0.4) is 0 Å². The molecular formula is C50H99NO7. The van der Waals surface area contributed by atoms with Gasteiger partial charge in [0.1, 0.15) is 12.2 Å². The maximum Gasteiger partial charge on any atom is 0.508 e. The zero-order valence-electron chi connectivity index (χ0n) is 39.2. The molecule has 2 unspecified atom stereocenters. The van der Waals surface area contributed by atoms with Crippen LogP contribution >= 0.6 is 0 Å². The van der Waals surface area contributed by atoms with E-state index >= 15 is 0 Å². The topological polar surface area (TPSA) is 94.5 Å². The Hall–Kier alpha value is -1.54. The fourth-order valence-corrected chi connectivity index (χ4v) is 7.80. The van der Waals surface area contributed by atoms with Gasteiger partial charge in [-0.15, -0.1) is 0 Å². The molecule has 0 aliphatic carbocycles. The van der Waals surface area contributed by atoms with Crippen LogP contribution in [0.25, 0.3) is 0 Å². The highest BCUT2D eigenvalue weighted by Gasteiger charge is 2.17. The van der Waals surface area contributed by atoms with Crippen molar-refractivity contribution in [3.8, 4) is 0 Å². The van der Waals surface area contributed by atoms with E-state index in [-0.39, 0.29) is 18.8 Å². The fraction of sp³-hybridized carbons (Fsp3) is 0.960. The van der Waals surface area contributed by atoms with Crippen molar-refractivity contribution in [1.82, 2.24) is 4.90 Å². The van der Waals surface area contributed by atoms with Gasteiger partial charge in [-0.2, -0.15) is 0 Å². The number of nitrogens with zero attached hydrogens (tertiary/aromatic N) is 1. The van der Waals surface area contributed by atoms with E-state index in [1.54, 1.807) is 0 Å². The van der Waals surface area contributed by atoms with E-state index in [1.165, 1.54) is 128 Å². The second kappa shape index (κ2) is 46.5. The smallest absolute Gasteiger partial charge is 0.434 e. The zero-order valence-corrected chi connectivity index (χ0v) is 39.2. The van der Waals surface area contributed by atoms with Gasteiger partial charge >= 0.3 is 12.3 Å². The van der Waals surface area contributed by atoms with Crippen molar-refractivity contribution in [2.45, 2.75) is 271 Å². The van der Waals surface area contributed by atoms with Gasteiger partial charge in [-0.25, -0.2) is 9.59 Å². The molecule has 0 aromatic heterocycles. The fourth-order valence-electron chi connectivity index (χ4n) is 7.80. The number of rotatable bonds is 46. The molecule has 0 amide bonds. The number of carbonyl (C=O) groups is 2. The van der Waals surface area contributed by atoms with Crippen molar-refractivity contribution in [2.24, 2.45) is 0 Å². The van der Waals surface area contributed by atoms with E-state index in [4.69, 9.17) is 18.9 Å². The SMILES string of the molecule is CCCCCCCCC(CCCCCC)OC(=O)OCCCCCCCN(CCCCO)CCCCCCCOC(=O)OC(CCCCCC)CCCCCCCC. The quantitative estimate of drug-likeness (QED) is 0.0479. The van der Waals surface area contributed by atoms with Crippen LogP contribution in [0.2, 0.25) is 0 Å². The van der Waals surface area contributed by atoms with Gasteiger partial charge in [0, 0.05) is 6.61 Å². The number of hydrogen-bond donors (Lipinski definition) is 1. The van der Waals surface area contributed by atoms with Crippen molar-refractivity contribution in [1.29, 1.82) is 0 Å². The number of ether oxygens (including phenoxy) is 4. The Morgan fingerprint density at radius 2 is 0.655 bits per heavy atom. The summed E-state index contributed by atoms with van der Waals surface area (Å²) in [6.45, 7) is 13.3. The van der Waals surface area contributed by atoms with Gasteiger partial charge in [-0.05, 0) is 110 Å². The molecule has 0 spiro atoms. The predicted molar refractivity (Wildman–Crippen MR) is 245 cm³/mol. The lowest BCUT2D eigenvalue weighted by Crippen LogP contribution is -2.27. The second-order valence-electron chi connectivity index (χ2n) is 17.3. The zero-order chi connectivity index (χ0) is 42.4. The van der Waals surface area contributed by atoms with Crippen molar-refractivity contribution in [2.75, 3.05) is 39.5 Å². The minimum absolute atomic E-state index is 0.00450. The molecule has 1 N–H and O–H groups in total. The summed E-state index contributed by atoms with van der Waals surface area (Å²) >= 11 is 0. The molecule has 0 bridgehead atoms. The Kier molecular flexibility index (Phi) is 45.3. The highest BCUT2D eigenvalue weighted by molar-refractivity contribution is 5.60. The molecule has 0 saturated carbocycles. The minimum atomic E-state index is -0.478. The monoisotopic (exact) mass is 826 g/mol. The number of hydrogen-bond acceptors (Lipinski definition) is 8. The highest BCUT2D eigenvalue weighted by atomic mass is 16.7. The summed E-state index contributed by atoms with van der Waals surface area (Å²) in [5.74, 6) is 0. The van der Waals surface area contributed by atoms with Crippen molar-refractivity contribution in [3.63, 3.8) is 0 Å². The van der Waals surface area contributed by atoms with Crippen LogP contribution in [-0.4, -0.2) is 74.0 Å². The third-order valence-electron chi connectivity index (χ3n) is 11.6. The van der Waals surface area contributed by atoms with E-state index in [0.29, 0.717) is 13.2 Å². The maximum atomic E-state index is 12.5. The molecule has 0 heterocycles. The van der Waals surface area contributed by atoms with Gasteiger partial charge in [-0.3, -0.25) is 0 Å². The summed E-state index contributed by atoms with van der Waals surface area (Å²) in [5.41, 5.74) is 0. The van der Waals surface area contributed by atoms with E-state index in [0.717, 1.165) is 122 Å². The summed E-state index contributed by atoms with van der Waals surface area (Å²) in [4.78, 5) is 27.5. The summed E-state index contributed by atoms with van der Waals surface area (Å²) in [6.07, 6.45) is 40.3. The van der Waals surface area contributed by atoms with Crippen LogP contribution in [-0.2, 0) is 18.9 Å². The molecule has 8 heteroatoms. The summed E-state index contributed by atoms with van der Waals surface area (Å²) < 4.78 is 22.6. The molecule has 8 nitrogen and oxygen atoms in total. The minimum Gasteiger partial charge on any atom is -0.434 e. The lowest BCUT2D eigenvalue weighted by molar-refractivity contribution is 0.0145. The molecule has 0 saturated heterocycles. The molecule has 0 aromatic rings. The standard InChI is InChI=1S/C50H99NO7/c1-5-9-13-17-21-29-39-47(37-27-15-11-7-3)57-49(53)55-45-35-25-19-23-31-41-51(43-33-34-44-52)42-32-24-20-26-36-46-56-50(54)58-48(38-28-16-12-8-4)40-30-22-18-14-10-6-2/h47-48,52H,5-46H2,1-4H3. The molecule has 0 rings (SSSR count). The Morgan fingerprint density at radius 3 is 1.00 bits per heavy atom. The summed E-state index contributed by atoms with van der Waals surface area (Å²) in [5, 5.41) is 9.31. The molecule has 0 aromatic carbocycles. The number of unbranched alkanes of at least 4 members (excludes halogenated alkanes) is 25. The lowest BCUT2D eigenvalue weighted by atomic mass is 10.0. The average Bonchev–Trinajstić information content (AvgIpc) is 3.22. The molecular weight excluding hydrogens is 727 g/mol.